The van der Waals surface area contributed by atoms with Gasteiger partial charge in [0.2, 0.25) is 0 Å². The normalized spacial score (nSPS) is 35.9. The summed E-state index contributed by atoms with van der Waals surface area (Å²) in [6.07, 6.45) is 0. The van der Waals surface area contributed by atoms with E-state index in [9.17, 15) is 4.79 Å². The van der Waals surface area contributed by atoms with Crippen molar-refractivity contribution in [3.63, 3.8) is 0 Å². The van der Waals surface area contributed by atoms with Crippen LogP contribution >= 0.6 is 0 Å². The van der Waals surface area contributed by atoms with Gasteiger partial charge in [0.05, 0.1) is 0 Å². The fraction of sp³-hybridized carbons (Fsp3) is 0.500. The molecule has 0 saturated heterocycles. The number of benzene rings is 1. The number of rotatable bonds is 1. The molecule has 3 atom stereocenters. The Labute approximate surface area is 97.9 Å². The third kappa shape index (κ3) is 0.988. The minimum atomic E-state index is -1.22. The topological polar surface area (TPSA) is 17.1 Å². The Morgan fingerprint density at radius 1 is 1.19 bits per heavy atom. The first-order valence-electron chi connectivity index (χ1n) is 6.02. The first-order chi connectivity index (χ1) is 7.38. The maximum Gasteiger partial charge on any atom is 0.169 e. The summed E-state index contributed by atoms with van der Waals surface area (Å²) in [5, 5.41) is 0. The molecular formula is C14H18OSi. The summed E-state index contributed by atoms with van der Waals surface area (Å²) >= 11 is 0. The highest BCUT2D eigenvalue weighted by molar-refractivity contribution is 6.79. The van der Waals surface area contributed by atoms with Gasteiger partial charge in [-0.15, -0.1) is 0 Å². The second-order valence-corrected chi connectivity index (χ2v) is 11.9. The van der Waals surface area contributed by atoms with Crippen molar-refractivity contribution in [2.75, 3.05) is 0 Å². The molecule has 1 fully saturated rings. The van der Waals surface area contributed by atoms with Gasteiger partial charge in [-0.3, -0.25) is 4.79 Å². The molecule has 1 saturated carbocycles. The predicted octanol–water partition coefficient (Wildman–Crippen LogP) is 3.69. The van der Waals surface area contributed by atoms with Gasteiger partial charge < -0.3 is 0 Å². The number of hydrogen-bond donors (Lipinski definition) is 0. The summed E-state index contributed by atoms with van der Waals surface area (Å²) in [6, 6.07) is 8.20. The number of ketones is 1. The molecule has 1 aromatic carbocycles. The monoisotopic (exact) mass is 230 g/mol. The molecule has 2 aliphatic carbocycles. The minimum Gasteiger partial charge on any atom is -0.294 e. The van der Waals surface area contributed by atoms with Crippen LogP contribution in [-0.4, -0.2) is 13.9 Å². The van der Waals surface area contributed by atoms with Gasteiger partial charge in [-0.1, -0.05) is 50.8 Å². The van der Waals surface area contributed by atoms with E-state index in [1.807, 2.05) is 12.1 Å². The number of carbonyl (C=O) groups excluding carboxylic acids is 1. The van der Waals surface area contributed by atoms with Crippen molar-refractivity contribution in [1.29, 1.82) is 0 Å². The molecule has 0 spiro atoms. The largest absolute Gasteiger partial charge is 0.294 e. The standard InChI is InChI=1S/C14H18OSi/c1-14-11(13(14)16(2,3)4)9-7-5-6-8-10(9)12(14)15/h5-8,11,13H,1-4H3/t11-,13-,14+/m1/s1. The van der Waals surface area contributed by atoms with E-state index in [0.29, 0.717) is 17.2 Å². The maximum atomic E-state index is 12.4. The molecule has 84 valence electrons. The van der Waals surface area contributed by atoms with Crippen molar-refractivity contribution < 1.29 is 4.79 Å². The number of Topliss-reactive ketones (excluding diaryl/α,β-unsaturated/α-hetero) is 1. The van der Waals surface area contributed by atoms with Crippen LogP contribution in [0.15, 0.2) is 24.3 Å². The SMILES string of the molecule is C[C@@]12C(=O)c3ccccc3[C@@H]1[C@H]2[Si](C)(C)C. The third-order valence-electron chi connectivity index (χ3n) is 4.48. The lowest BCUT2D eigenvalue weighted by atomic mass is 10.0. The smallest absolute Gasteiger partial charge is 0.169 e. The molecule has 3 rings (SSSR count). The van der Waals surface area contributed by atoms with Crippen LogP contribution in [0.5, 0.6) is 0 Å². The number of carbonyl (C=O) groups is 1. The maximum absolute atomic E-state index is 12.4. The van der Waals surface area contributed by atoms with Crippen LogP contribution < -0.4 is 0 Å². The molecule has 16 heavy (non-hydrogen) atoms. The molecule has 1 aromatic rings. The predicted molar refractivity (Wildman–Crippen MR) is 68.7 cm³/mol. The molecule has 1 nitrogen and oxygen atoms in total. The van der Waals surface area contributed by atoms with E-state index in [0.717, 1.165) is 5.56 Å². The van der Waals surface area contributed by atoms with E-state index < -0.39 is 8.07 Å². The zero-order chi connectivity index (χ0) is 11.7. The summed E-state index contributed by atoms with van der Waals surface area (Å²) < 4.78 is 0. The summed E-state index contributed by atoms with van der Waals surface area (Å²) in [5.74, 6) is 0.934. The first kappa shape index (κ1) is 10.3. The highest BCUT2D eigenvalue weighted by atomic mass is 28.3. The molecule has 0 radical (unpaired) electrons. The summed E-state index contributed by atoms with van der Waals surface area (Å²) in [7, 11) is -1.22. The van der Waals surface area contributed by atoms with Gasteiger partial charge in [-0.05, 0) is 17.0 Å². The summed E-state index contributed by atoms with van der Waals surface area (Å²) in [4.78, 5) is 12.4. The van der Waals surface area contributed by atoms with E-state index in [1.165, 1.54) is 5.56 Å². The lowest BCUT2D eigenvalue weighted by Crippen LogP contribution is -2.27. The van der Waals surface area contributed by atoms with Crippen LogP contribution in [-0.2, 0) is 0 Å². The van der Waals surface area contributed by atoms with Gasteiger partial charge in [-0.2, -0.15) is 0 Å². The van der Waals surface area contributed by atoms with Crippen molar-refractivity contribution in [1.82, 2.24) is 0 Å². The second kappa shape index (κ2) is 2.67. The van der Waals surface area contributed by atoms with Crippen LogP contribution in [0.1, 0.15) is 28.8 Å². The van der Waals surface area contributed by atoms with Gasteiger partial charge >= 0.3 is 0 Å². The van der Waals surface area contributed by atoms with Crippen LogP contribution in [0.3, 0.4) is 0 Å². The quantitative estimate of drug-likeness (QED) is 0.672. The molecule has 2 aliphatic rings. The Morgan fingerprint density at radius 3 is 2.44 bits per heavy atom. The molecule has 2 heteroatoms. The molecule has 0 bridgehead atoms. The second-order valence-electron chi connectivity index (χ2n) is 6.52. The van der Waals surface area contributed by atoms with Crippen LogP contribution in [0.25, 0.3) is 0 Å². The number of hydrogen-bond acceptors (Lipinski definition) is 1. The molecule has 0 unspecified atom stereocenters. The van der Waals surface area contributed by atoms with Gasteiger partial charge in [-0.25, -0.2) is 0 Å². The zero-order valence-corrected chi connectivity index (χ0v) is 11.4. The fourth-order valence-corrected chi connectivity index (χ4v) is 7.50. The van der Waals surface area contributed by atoms with Crippen LogP contribution in [0.4, 0.5) is 0 Å². The Balaban J connectivity index is 2.13. The lowest BCUT2D eigenvalue weighted by Gasteiger charge is -2.21. The van der Waals surface area contributed by atoms with Gasteiger partial charge in [0.15, 0.2) is 5.78 Å². The molecule has 0 amide bonds. The Hall–Kier alpha value is -0.893. The van der Waals surface area contributed by atoms with E-state index in [2.05, 4.69) is 38.7 Å². The van der Waals surface area contributed by atoms with Gasteiger partial charge in [0.1, 0.15) is 0 Å². The Bertz CT molecular complexity index is 486. The van der Waals surface area contributed by atoms with Crippen molar-refractivity contribution in [2.24, 2.45) is 5.41 Å². The average molecular weight is 230 g/mol. The van der Waals surface area contributed by atoms with E-state index in [4.69, 9.17) is 0 Å². The highest BCUT2D eigenvalue weighted by Gasteiger charge is 2.73. The van der Waals surface area contributed by atoms with E-state index in [1.54, 1.807) is 0 Å². The Kier molecular flexibility index (Phi) is 1.72. The van der Waals surface area contributed by atoms with E-state index in [-0.39, 0.29) is 5.41 Å². The third-order valence-corrected chi connectivity index (χ3v) is 7.28. The first-order valence-corrected chi connectivity index (χ1v) is 9.60. The average Bonchev–Trinajstić information content (AvgIpc) is 2.79. The van der Waals surface area contributed by atoms with Crippen molar-refractivity contribution in [3.8, 4) is 0 Å². The van der Waals surface area contributed by atoms with Crippen molar-refractivity contribution >= 4 is 13.9 Å². The van der Waals surface area contributed by atoms with Gasteiger partial charge in [0, 0.05) is 19.1 Å². The van der Waals surface area contributed by atoms with E-state index >= 15 is 0 Å². The van der Waals surface area contributed by atoms with Crippen molar-refractivity contribution in [3.05, 3.63) is 35.4 Å². The fourth-order valence-electron chi connectivity index (χ4n) is 3.96. The summed E-state index contributed by atoms with van der Waals surface area (Å²) in [5.41, 5.74) is 2.92. The van der Waals surface area contributed by atoms with Crippen LogP contribution in [0, 0.1) is 5.41 Å². The number of fused-ring (bicyclic) bond motifs is 3. The molecule has 0 heterocycles. The molecule has 0 aliphatic heterocycles. The lowest BCUT2D eigenvalue weighted by molar-refractivity contribution is 0.0920. The molecule has 0 N–H and O–H groups in total. The highest BCUT2D eigenvalue weighted by Crippen LogP contribution is 2.77. The van der Waals surface area contributed by atoms with Gasteiger partial charge in [0.25, 0.3) is 0 Å². The Morgan fingerprint density at radius 2 is 1.81 bits per heavy atom. The zero-order valence-electron chi connectivity index (χ0n) is 10.4. The van der Waals surface area contributed by atoms with Crippen LogP contribution in [0.2, 0.25) is 25.2 Å². The minimum absolute atomic E-state index is 0.0475. The molecule has 0 aromatic heterocycles. The van der Waals surface area contributed by atoms with Crippen molar-refractivity contribution in [2.45, 2.75) is 38.0 Å². The molecular weight excluding hydrogens is 212 g/mol. The summed E-state index contributed by atoms with van der Waals surface area (Å²) in [6.45, 7) is 9.34.